The highest BCUT2D eigenvalue weighted by atomic mass is 16.2. The van der Waals surface area contributed by atoms with Crippen molar-refractivity contribution in [3.8, 4) is 0 Å². The Hall–Kier alpha value is -3.48. The zero-order valence-corrected chi connectivity index (χ0v) is 18.3. The Bertz CT molecular complexity index is 1100. The molecule has 32 heavy (non-hydrogen) atoms. The highest BCUT2D eigenvalue weighted by Crippen LogP contribution is 2.36. The third kappa shape index (κ3) is 4.15. The van der Waals surface area contributed by atoms with Gasteiger partial charge in [0.1, 0.15) is 12.6 Å². The second-order valence-electron chi connectivity index (χ2n) is 8.69. The Kier molecular flexibility index (Phi) is 5.71. The van der Waals surface area contributed by atoms with E-state index in [0.717, 1.165) is 29.7 Å². The summed E-state index contributed by atoms with van der Waals surface area (Å²) < 4.78 is 1.79. The molecular formula is C25H28N6O. The monoisotopic (exact) mass is 428 g/mol. The van der Waals surface area contributed by atoms with E-state index in [0.29, 0.717) is 5.95 Å². The fourth-order valence-electron chi connectivity index (χ4n) is 4.65. The topological polar surface area (TPSA) is 75.9 Å². The van der Waals surface area contributed by atoms with Crippen LogP contribution < -0.4 is 10.2 Å². The number of carbonyl (C=O) groups excluding carboxylic acids is 1. The van der Waals surface area contributed by atoms with Crippen LogP contribution in [0.1, 0.15) is 54.8 Å². The lowest BCUT2D eigenvalue weighted by Gasteiger charge is -2.33. The van der Waals surface area contributed by atoms with Gasteiger partial charge in [0.05, 0.1) is 5.70 Å². The normalized spacial score (nSPS) is 18.7. The van der Waals surface area contributed by atoms with Gasteiger partial charge in [0.15, 0.2) is 0 Å². The zero-order chi connectivity index (χ0) is 21.9. The van der Waals surface area contributed by atoms with E-state index < -0.39 is 0 Å². The quantitative estimate of drug-likeness (QED) is 0.667. The fourth-order valence-corrected chi connectivity index (χ4v) is 4.65. The van der Waals surface area contributed by atoms with Gasteiger partial charge in [-0.1, -0.05) is 84.5 Å². The molecule has 3 aromatic rings. The minimum Gasteiger partial charge on any atom is -0.352 e. The van der Waals surface area contributed by atoms with Crippen molar-refractivity contribution in [2.24, 2.45) is 0 Å². The predicted molar refractivity (Wildman–Crippen MR) is 124 cm³/mol. The molecule has 0 spiro atoms. The van der Waals surface area contributed by atoms with Crippen LogP contribution in [0.3, 0.4) is 0 Å². The van der Waals surface area contributed by atoms with E-state index in [-0.39, 0.29) is 24.5 Å². The van der Waals surface area contributed by atoms with E-state index in [1.807, 2.05) is 23.1 Å². The molecule has 1 saturated carbocycles. The molecule has 7 heteroatoms. The Morgan fingerprint density at radius 3 is 2.53 bits per heavy atom. The second kappa shape index (κ2) is 8.94. The molecule has 1 amide bonds. The van der Waals surface area contributed by atoms with Crippen molar-refractivity contribution in [3.63, 3.8) is 0 Å². The number of rotatable bonds is 5. The number of tetrazole rings is 1. The molecule has 1 atom stereocenters. The van der Waals surface area contributed by atoms with Gasteiger partial charge in [0, 0.05) is 6.04 Å². The number of carbonyl (C=O) groups is 1. The molecule has 164 valence electrons. The van der Waals surface area contributed by atoms with E-state index in [2.05, 4.69) is 70.2 Å². The van der Waals surface area contributed by atoms with E-state index in [9.17, 15) is 4.79 Å². The summed E-state index contributed by atoms with van der Waals surface area (Å²) in [6.45, 7) is 2.25. The van der Waals surface area contributed by atoms with Crippen molar-refractivity contribution in [3.05, 3.63) is 77.4 Å². The Morgan fingerprint density at radius 2 is 1.78 bits per heavy atom. The predicted octanol–water partition coefficient (Wildman–Crippen LogP) is 3.88. The summed E-state index contributed by atoms with van der Waals surface area (Å²) in [4.78, 5) is 15.0. The molecule has 5 rings (SSSR count). The van der Waals surface area contributed by atoms with Crippen LogP contribution in [0.4, 0.5) is 5.95 Å². The SMILES string of the molecule is Cc1ccc(C2=CC(c3ccccc3)n3nnnc3N2CC(=O)NC2CCCCC2)cc1. The molecule has 2 aromatic carbocycles. The van der Waals surface area contributed by atoms with E-state index in [1.165, 1.54) is 24.8 Å². The van der Waals surface area contributed by atoms with Crippen molar-refractivity contribution in [2.45, 2.75) is 51.1 Å². The van der Waals surface area contributed by atoms with Gasteiger partial charge in [-0.15, -0.1) is 0 Å². The largest absolute Gasteiger partial charge is 0.352 e. The van der Waals surface area contributed by atoms with Gasteiger partial charge in [0.2, 0.25) is 5.91 Å². The number of aromatic nitrogens is 4. The van der Waals surface area contributed by atoms with Crippen LogP contribution in [0.15, 0.2) is 60.7 Å². The maximum atomic E-state index is 13.0. The number of fused-ring (bicyclic) bond motifs is 1. The van der Waals surface area contributed by atoms with Gasteiger partial charge in [-0.25, -0.2) is 0 Å². The number of hydrogen-bond donors (Lipinski definition) is 1. The smallest absolute Gasteiger partial charge is 0.251 e. The average molecular weight is 429 g/mol. The van der Waals surface area contributed by atoms with Gasteiger partial charge in [0.25, 0.3) is 5.95 Å². The van der Waals surface area contributed by atoms with Crippen molar-refractivity contribution < 1.29 is 4.79 Å². The Labute approximate surface area is 188 Å². The number of hydrogen-bond acceptors (Lipinski definition) is 5. The van der Waals surface area contributed by atoms with E-state index in [1.54, 1.807) is 4.68 Å². The van der Waals surface area contributed by atoms with Gasteiger partial charge in [-0.3, -0.25) is 9.69 Å². The van der Waals surface area contributed by atoms with Crippen molar-refractivity contribution in [1.82, 2.24) is 25.5 Å². The molecule has 1 aliphatic carbocycles. The number of aryl methyl sites for hydroxylation is 1. The van der Waals surface area contributed by atoms with Crippen LogP contribution in [0.2, 0.25) is 0 Å². The molecule has 2 aliphatic rings. The lowest BCUT2D eigenvalue weighted by Crippen LogP contribution is -2.44. The molecule has 1 N–H and O–H groups in total. The molecule has 1 unspecified atom stereocenters. The maximum Gasteiger partial charge on any atom is 0.251 e. The summed E-state index contributed by atoms with van der Waals surface area (Å²) in [6, 6.07) is 18.7. The number of nitrogens with zero attached hydrogens (tertiary/aromatic N) is 5. The summed E-state index contributed by atoms with van der Waals surface area (Å²) in [7, 11) is 0. The van der Waals surface area contributed by atoms with Gasteiger partial charge in [-0.2, -0.15) is 4.68 Å². The van der Waals surface area contributed by atoms with E-state index in [4.69, 9.17) is 0 Å². The fraction of sp³-hybridized carbons (Fsp3) is 0.360. The first kappa shape index (κ1) is 20.4. The van der Waals surface area contributed by atoms with Crippen LogP contribution in [0, 0.1) is 6.92 Å². The molecule has 1 aromatic heterocycles. The second-order valence-corrected chi connectivity index (χ2v) is 8.69. The third-order valence-electron chi connectivity index (χ3n) is 6.35. The molecule has 0 bridgehead atoms. The minimum atomic E-state index is -0.143. The van der Waals surface area contributed by atoms with Crippen LogP contribution in [0.25, 0.3) is 5.70 Å². The molecular weight excluding hydrogens is 400 g/mol. The number of nitrogens with one attached hydrogen (secondary N) is 1. The van der Waals surface area contributed by atoms with Crippen LogP contribution >= 0.6 is 0 Å². The highest BCUT2D eigenvalue weighted by Gasteiger charge is 2.32. The molecule has 1 fully saturated rings. The number of allylic oxidation sites excluding steroid dienone is 1. The van der Waals surface area contributed by atoms with E-state index >= 15 is 0 Å². The number of benzene rings is 2. The molecule has 0 radical (unpaired) electrons. The molecule has 1 aliphatic heterocycles. The summed E-state index contributed by atoms with van der Waals surface area (Å²) >= 11 is 0. The molecule has 0 saturated heterocycles. The third-order valence-corrected chi connectivity index (χ3v) is 6.35. The van der Waals surface area contributed by atoms with Crippen molar-refractivity contribution >= 4 is 17.6 Å². The number of anilines is 1. The highest BCUT2D eigenvalue weighted by molar-refractivity contribution is 5.89. The Morgan fingerprint density at radius 1 is 1.03 bits per heavy atom. The van der Waals surface area contributed by atoms with Crippen LogP contribution in [0.5, 0.6) is 0 Å². The first-order valence-electron chi connectivity index (χ1n) is 11.4. The number of amides is 1. The summed E-state index contributed by atoms with van der Waals surface area (Å²) in [5, 5.41) is 15.8. The van der Waals surface area contributed by atoms with Crippen molar-refractivity contribution in [1.29, 1.82) is 0 Å². The summed E-state index contributed by atoms with van der Waals surface area (Å²) in [6.07, 6.45) is 7.88. The Balaban J connectivity index is 1.50. The van der Waals surface area contributed by atoms with Gasteiger partial charge < -0.3 is 5.32 Å². The molecule has 2 heterocycles. The van der Waals surface area contributed by atoms with Gasteiger partial charge >= 0.3 is 0 Å². The summed E-state index contributed by atoms with van der Waals surface area (Å²) in [5.74, 6) is 0.582. The van der Waals surface area contributed by atoms with Gasteiger partial charge in [-0.05, 0) is 47.4 Å². The van der Waals surface area contributed by atoms with Crippen molar-refractivity contribution in [2.75, 3.05) is 11.4 Å². The minimum absolute atomic E-state index is 0.00243. The maximum absolute atomic E-state index is 13.0. The van der Waals surface area contributed by atoms with Crippen LogP contribution in [-0.2, 0) is 4.79 Å². The first-order chi connectivity index (χ1) is 15.7. The van der Waals surface area contributed by atoms with Crippen LogP contribution in [-0.4, -0.2) is 38.7 Å². The zero-order valence-electron chi connectivity index (χ0n) is 18.3. The lowest BCUT2D eigenvalue weighted by molar-refractivity contribution is -0.120. The standard InChI is InChI=1S/C25H28N6O/c1-18-12-14-20(15-13-18)22-16-23(19-8-4-2-5-9-19)31-25(27-28-29-31)30(22)17-24(32)26-21-10-6-3-7-11-21/h2,4-5,8-9,12-16,21,23H,3,6-7,10-11,17H2,1H3,(H,26,32). The average Bonchev–Trinajstić information content (AvgIpc) is 3.31. The summed E-state index contributed by atoms with van der Waals surface area (Å²) in [5.41, 5.74) is 4.27. The lowest BCUT2D eigenvalue weighted by atomic mass is 9.95. The first-order valence-corrected chi connectivity index (χ1v) is 11.4. The molecule has 7 nitrogen and oxygen atoms in total.